The summed E-state index contributed by atoms with van der Waals surface area (Å²) in [5.41, 5.74) is 0.741. The minimum atomic E-state index is -4.76. The molecule has 1 aromatic carbocycles. The van der Waals surface area contributed by atoms with Crippen molar-refractivity contribution >= 4 is 16.2 Å². The minimum Gasteiger partial charge on any atom is -0.478 e. The number of carboxylic acid groups (broad SMARTS) is 1. The summed E-state index contributed by atoms with van der Waals surface area (Å²) in [6, 6.07) is 4.78. The normalized spacial score (nSPS) is 11.5. The number of benzene rings is 1. The van der Waals surface area contributed by atoms with Crippen LogP contribution in [-0.2, 0) is 10.2 Å². The first-order valence-corrected chi connectivity index (χ1v) is 6.55. The molecule has 0 bridgehead atoms. The quantitative estimate of drug-likeness (QED) is 0.876. The number of carbonyl (C=O) groups is 1. The zero-order valence-corrected chi connectivity index (χ0v) is 10.6. The average Bonchev–Trinajstić information content (AvgIpc) is 2.70. The fourth-order valence-electron chi connectivity index (χ4n) is 1.73. The third-order valence-corrected chi connectivity index (χ3v) is 3.47. The van der Waals surface area contributed by atoms with Crippen molar-refractivity contribution in [1.82, 2.24) is 0 Å². The number of hydrogen-bond donors (Lipinski definition) is 1. The number of rotatable bonds is 3. The molecule has 1 heterocycles. The van der Waals surface area contributed by atoms with Gasteiger partial charge in [0.05, 0.1) is 11.2 Å². The molecule has 0 unspecified atom stereocenters. The van der Waals surface area contributed by atoms with Crippen molar-refractivity contribution in [1.29, 1.82) is 0 Å². The molecule has 0 aliphatic carbocycles. The smallest absolute Gasteiger partial charge is 0.339 e. The Hall–Kier alpha value is -2.15. The lowest BCUT2D eigenvalue weighted by molar-refractivity contribution is 0.0695. The molecule has 2 aromatic rings. The Balaban J connectivity index is 2.52. The Morgan fingerprint density at radius 3 is 2.32 bits per heavy atom. The van der Waals surface area contributed by atoms with Crippen LogP contribution >= 0.6 is 0 Å². The van der Waals surface area contributed by atoms with Gasteiger partial charge in [-0.3, -0.25) is 0 Å². The average molecular weight is 284 g/mol. The molecular formula is C12H9FO5S. The highest BCUT2D eigenvalue weighted by Gasteiger charge is 2.19. The van der Waals surface area contributed by atoms with Crippen molar-refractivity contribution in [3.63, 3.8) is 0 Å². The number of aryl methyl sites for hydroxylation is 1. The third kappa shape index (κ3) is 2.50. The van der Waals surface area contributed by atoms with Crippen LogP contribution < -0.4 is 0 Å². The first-order valence-electron chi connectivity index (χ1n) is 5.17. The maximum absolute atomic E-state index is 12.7. The molecule has 2 rings (SSSR count). The molecule has 0 aliphatic rings. The minimum absolute atomic E-state index is 0.00384. The summed E-state index contributed by atoms with van der Waals surface area (Å²) in [5, 5.41) is 9.06. The molecule has 0 saturated heterocycles. The van der Waals surface area contributed by atoms with Gasteiger partial charge in [0.15, 0.2) is 0 Å². The van der Waals surface area contributed by atoms with Crippen molar-refractivity contribution in [2.45, 2.75) is 11.8 Å². The van der Waals surface area contributed by atoms with E-state index in [0.29, 0.717) is 11.1 Å². The van der Waals surface area contributed by atoms with Crippen molar-refractivity contribution in [3.8, 4) is 11.1 Å². The van der Waals surface area contributed by atoms with Crippen molar-refractivity contribution < 1.29 is 26.6 Å². The molecule has 0 amide bonds. The molecule has 19 heavy (non-hydrogen) atoms. The monoisotopic (exact) mass is 284 g/mol. The van der Waals surface area contributed by atoms with E-state index in [1.807, 2.05) is 0 Å². The van der Waals surface area contributed by atoms with E-state index in [9.17, 15) is 17.1 Å². The van der Waals surface area contributed by atoms with E-state index in [1.165, 1.54) is 25.3 Å². The Morgan fingerprint density at radius 1 is 1.26 bits per heavy atom. The molecule has 1 aromatic heterocycles. The van der Waals surface area contributed by atoms with Crippen LogP contribution in [0.15, 0.2) is 39.8 Å². The number of hydrogen-bond acceptors (Lipinski definition) is 4. The van der Waals surface area contributed by atoms with E-state index in [1.54, 1.807) is 0 Å². The van der Waals surface area contributed by atoms with Gasteiger partial charge < -0.3 is 9.52 Å². The molecule has 7 heteroatoms. The van der Waals surface area contributed by atoms with E-state index >= 15 is 0 Å². The van der Waals surface area contributed by atoms with E-state index < -0.39 is 21.1 Å². The SMILES string of the molecule is Cc1occ(-c2ccc(S(=O)(=O)F)cc2)c1C(=O)O. The zero-order chi connectivity index (χ0) is 14.2. The third-order valence-electron chi connectivity index (χ3n) is 2.64. The summed E-state index contributed by atoms with van der Waals surface area (Å²) in [6.45, 7) is 1.51. The molecule has 0 fully saturated rings. The Bertz CT molecular complexity index is 728. The summed E-state index contributed by atoms with van der Waals surface area (Å²) in [6.07, 6.45) is 1.26. The highest BCUT2D eigenvalue weighted by molar-refractivity contribution is 7.86. The van der Waals surface area contributed by atoms with Gasteiger partial charge in [0.2, 0.25) is 0 Å². The molecular weight excluding hydrogens is 275 g/mol. The lowest BCUT2D eigenvalue weighted by atomic mass is 10.0. The summed E-state index contributed by atoms with van der Waals surface area (Å²) in [7, 11) is -4.76. The van der Waals surface area contributed by atoms with Gasteiger partial charge in [-0.2, -0.15) is 8.42 Å². The van der Waals surface area contributed by atoms with Gasteiger partial charge in [0.25, 0.3) is 0 Å². The predicted octanol–water partition coefficient (Wildman–Crippen LogP) is 2.61. The molecule has 0 radical (unpaired) electrons. The highest BCUT2D eigenvalue weighted by Crippen LogP contribution is 2.29. The number of furan rings is 1. The molecule has 5 nitrogen and oxygen atoms in total. The van der Waals surface area contributed by atoms with Crippen molar-refractivity contribution in [3.05, 3.63) is 41.9 Å². The van der Waals surface area contributed by atoms with Crippen LogP contribution in [0.2, 0.25) is 0 Å². The van der Waals surface area contributed by atoms with E-state index in [4.69, 9.17) is 9.52 Å². The van der Waals surface area contributed by atoms with Gasteiger partial charge in [-0.25, -0.2) is 4.79 Å². The lowest BCUT2D eigenvalue weighted by Gasteiger charge is -2.01. The van der Waals surface area contributed by atoms with E-state index in [0.717, 1.165) is 12.1 Å². The first kappa shape index (κ1) is 13.3. The summed E-state index contributed by atoms with van der Waals surface area (Å²) in [5.74, 6) is -0.909. The Kier molecular flexibility index (Phi) is 3.15. The Morgan fingerprint density at radius 2 is 1.84 bits per heavy atom. The van der Waals surface area contributed by atoms with Crippen LogP contribution in [-0.4, -0.2) is 19.5 Å². The van der Waals surface area contributed by atoms with Crippen LogP contribution in [0.1, 0.15) is 16.1 Å². The molecule has 0 spiro atoms. The lowest BCUT2D eigenvalue weighted by Crippen LogP contribution is -1.99. The summed E-state index contributed by atoms with van der Waals surface area (Å²) < 4.78 is 39.1. The second-order valence-electron chi connectivity index (χ2n) is 3.85. The Labute approximate surface area is 108 Å². The van der Waals surface area contributed by atoms with Gasteiger partial charge in [0.1, 0.15) is 11.3 Å². The van der Waals surface area contributed by atoms with Gasteiger partial charge in [-0.1, -0.05) is 12.1 Å². The van der Waals surface area contributed by atoms with Gasteiger partial charge >= 0.3 is 16.2 Å². The molecule has 0 saturated carbocycles. The van der Waals surface area contributed by atoms with Crippen LogP contribution in [0, 0.1) is 6.92 Å². The van der Waals surface area contributed by atoms with Crippen molar-refractivity contribution in [2.75, 3.05) is 0 Å². The van der Waals surface area contributed by atoms with Crippen LogP contribution in [0.4, 0.5) is 3.89 Å². The second-order valence-corrected chi connectivity index (χ2v) is 5.20. The van der Waals surface area contributed by atoms with Gasteiger partial charge in [-0.05, 0) is 24.6 Å². The molecule has 1 N–H and O–H groups in total. The number of halogens is 1. The number of aromatic carboxylic acids is 1. The van der Waals surface area contributed by atoms with E-state index in [2.05, 4.69) is 0 Å². The predicted molar refractivity (Wildman–Crippen MR) is 64.1 cm³/mol. The first-order chi connectivity index (χ1) is 8.80. The fraction of sp³-hybridized carbons (Fsp3) is 0.0833. The van der Waals surface area contributed by atoms with Gasteiger partial charge in [0, 0.05) is 5.56 Å². The van der Waals surface area contributed by atoms with Crippen LogP contribution in [0.25, 0.3) is 11.1 Å². The van der Waals surface area contributed by atoms with Crippen molar-refractivity contribution in [2.24, 2.45) is 0 Å². The highest BCUT2D eigenvalue weighted by atomic mass is 32.3. The van der Waals surface area contributed by atoms with Gasteiger partial charge in [-0.15, -0.1) is 3.89 Å². The standard InChI is InChI=1S/C12H9FO5S/c1-7-11(12(14)15)10(6-18-7)8-2-4-9(5-3-8)19(13,16)17/h2-6H,1H3,(H,14,15). The second kappa shape index (κ2) is 4.51. The van der Waals surface area contributed by atoms with Crippen LogP contribution in [0.3, 0.4) is 0 Å². The molecule has 100 valence electrons. The summed E-state index contributed by atoms with van der Waals surface area (Å²) >= 11 is 0. The fourth-order valence-corrected chi connectivity index (χ4v) is 2.19. The largest absolute Gasteiger partial charge is 0.478 e. The summed E-state index contributed by atoms with van der Waals surface area (Å²) in [4.78, 5) is 10.6. The molecule has 0 atom stereocenters. The number of carboxylic acids is 1. The van der Waals surface area contributed by atoms with Crippen LogP contribution in [0.5, 0.6) is 0 Å². The molecule has 0 aliphatic heterocycles. The zero-order valence-electron chi connectivity index (χ0n) is 9.75. The maximum Gasteiger partial charge on any atom is 0.339 e. The topological polar surface area (TPSA) is 84.6 Å². The van der Waals surface area contributed by atoms with E-state index in [-0.39, 0.29) is 11.3 Å². The maximum atomic E-state index is 12.7.